The molecule has 0 unspecified atom stereocenters. The summed E-state index contributed by atoms with van der Waals surface area (Å²) in [7, 11) is 2.00. The molecule has 0 saturated heterocycles. The number of hydrogen-bond donors (Lipinski definition) is 1. The van der Waals surface area contributed by atoms with Gasteiger partial charge in [-0.3, -0.25) is 4.79 Å². The first kappa shape index (κ1) is 15.1. The van der Waals surface area contributed by atoms with Gasteiger partial charge in [-0.1, -0.05) is 48.0 Å². The van der Waals surface area contributed by atoms with Crippen LogP contribution in [0, 0.1) is 6.92 Å². The topological polar surface area (TPSA) is 32.3 Å². The second-order valence-corrected chi connectivity index (χ2v) is 5.27. The normalized spacial score (nSPS) is 10.2. The first-order chi connectivity index (χ1) is 10.1. The molecule has 110 valence electrons. The highest BCUT2D eigenvalue weighted by molar-refractivity contribution is 5.76. The SMILES string of the molecule is Cc1cccc(CNC(=O)CCN(C)c2ccccc2)c1. The number of rotatable bonds is 6. The molecule has 0 saturated carbocycles. The lowest BCUT2D eigenvalue weighted by Crippen LogP contribution is -2.28. The van der Waals surface area contributed by atoms with Gasteiger partial charge in [0.15, 0.2) is 0 Å². The smallest absolute Gasteiger partial charge is 0.222 e. The van der Waals surface area contributed by atoms with Gasteiger partial charge in [-0.05, 0) is 24.6 Å². The van der Waals surface area contributed by atoms with E-state index >= 15 is 0 Å². The summed E-state index contributed by atoms with van der Waals surface area (Å²) in [5.74, 6) is 0.0827. The Hall–Kier alpha value is -2.29. The third-order valence-electron chi connectivity index (χ3n) is 3.44. The standard InChI is InChI=1S/C18H22N2O/c1-15-7-6-8-16(13-15)14-19-18(21)11-12-20(2)17-9-4-3-5-10-17/h3-10,13H,11-12,14H2,1-2H3,(H,19,21). The van der Waals surface area contributed by atoms with E-state index in [1.807, 2.05) is 49.5 Å². The molecular weight excluding hydrogens is 260 g/mol. The van der Waals surface area contributed by atoms with Crippen molar-refractivity contribution < 1.29 is 4.79 Å². The summed E-state index contributed by atoms with van der Waals surface area (Å²) in [5.41, 5.74) is 3.48. The van der Waals surface area contributed by atoms with E-state index in [1.165, 1.54) is 5.56 Å². The lowest BCUT2D eigenvalue weighted by Gasteiger charge is -2.18. The molecule has 0 radical (unpaired) electrons. The molecule has 21 heavy (non-hydrogen) atoms. The van der Waals surface area contributed by atoms with E-state index in [1.54, 1.807) is 0 Å². The van der Waals surface area contributed by atoms with Gasteiger partial charge in [0.05, 0.1) is 0 Å². The van der Waals surface area contributed by atoms with Crippen LogP contribution in [-0.4, -0.2) is 19.5 Å². The molecule has 1 N–H and O–H groups in total. The fraction of sp³-hybridized carbons (Fsp3) is 0.278. The fourth-order valence-corrected chi connectivity index (χ4v) is 2.19. The number of para-hydroxylation sites is 1. The van der Waals surface area contributed by atoms with Gasteiger partial charge < -0.3 is 10.2 Å². The van der Waals surface area contributed by atoms with Crippen LogP contribution in [0.3, 0.4) is 0 Å². The summed E-state index contributed by atoms with van der Waals surface area (Å²) < 4.78 is 0. The predicted octanol–water partition coefficient (Wildman–Crippen LogP) is 3.14. The number of carbonyl (C=O) groups is 1. The molecule has 2 rings (SSSR count). The van der Waals surface area contributed by atoms with Crippen LogP contribution in [0.1, 0.15) is 17.5 Å². The quantitative estimate of drug-likeness (QED) is 0.883. The Bertz CT molecular complexity index is 581. The Balaban J connectivity index is 1.75. The van der Waals surface area contributed by atoms with Gasteiger partial charge in [-0.15, -0.1) is 0 Å². The number of hydrogen-bond acceptors (Lipinski definition) is 2. The molecule has 0 aromatic heterocycles. The minimum absolute atomic E-state index is 0.0827. The van der Waals surface area contributed by atoms with E-state index in [9.17, 15) is 4.79 Å². The number of nitrogens with zero attached hydrogens (tertiary/aromatic N) is 1. The molecule has 3 heteroatoms. The summed E-state index contributed by atoms with van der Waals surface area (Å²) in [5, 5.41) is 2.97. The Morgan fingerprint density at radius 2 is 1.86 bits per heavy atom. The van der Waals surface area contributed by atoms with Crippen LogP contribution >= 0.6 is 0 Å². The summed E-state index contributed by atoms with van der Waals surface area (Å²) in [6, 6.07) is 18.3. The minimum atomic E-state index is 0.0827. The van der Waals surface area contributed by atoms with Crippen molar-refractivity contribution in [2.24, 2.45) is 0 Å². The van der Waals surface area contributed by atoms with E-state index in [0.717, 1.165) is 11.3 Å². The van der Waals surface area contributed by atoms with Crippen molar-refractivity contribution in [3.05, 3.63) is 65.7 Å². The van der Waals surface area contributed by atoms with Crippen LogP contribution in [0.25, 0.3) is 0 Å². The van der Waals surface area contributed by atoms with Crippen LogP contribution in [0.4, 0.5) is 5.69 Å². The second-order valence-electron chi connectivity index (χ2n) is 5.27. The summed E-state index contributed by atoms with van der Waals surface area (Å²) in [6.07, 6.45) is 0.497. The molecule has 0 aliphatic carbocycles. The zero-order chi connectivity index (χ0) is 15.1. The number of amides is 1. The molecule has 0 aliphatic heterocycles. The Morgan fingerprint density at radius 1 is 1.10 bits per heavy atom. The van der Waals surface area contributed by atoms with Crippen LogP contribution in [-0.2, 0) is 11.3 Å². The van der Waals surface area contributed by atoms with Gasteiger partial charge >= 0.3 is 0 Å². The van der Waals surface area contributed by atoms with E-state index in [4.69, 9.17) is 0 Å². The predicted molar refractivity (Wildman–Crippen MR) is 87.4 cm³/mol. The van der Waals surface area contributed by atoms with Crippen molar-refractivity contribution in [3.8, 4) is 0 Å². The van der Waals surface area contributed by atoms with Crippen molar-refractivity contribution in [1.82, 2.24) is 5.32 Å². The van der Waals surface area contributed by atoms with Crippen LogP contribution in [0.15, 0.2) is 54.6 Å². The average Bonchev–Trinajstić information content (AvgIpc) is 2.51. The van der Waals surface area contributed by atoms with Crippen LogP contribution in [0.5, 0.6) is 0 Å². The largest absolute Gasteiger partial charge is 0.374 e. The average molecular weight is 282 g/mol. The van der Waals surface area contributed by atoms with Gasteiger partial charge in [-0.25, -0.2) is 0 Å². The lowest BCUT2D eigenvalue weighted by atomic mass is 10.1. The van der Waals surface area contributed by atoms with E-state index in [2.05, 4.69) is 29.3 Å². The van der Waals surface area contributed by atoms with Crippen molar-refractivity contribution in [2.75, 3.05) is 18.5 Å². The molecule has 1 amide bonds. The van der Waals surface area contributed by atoms with Gasteiger partial charge in [0.1, 0.15) is 0 Å². The number of anilines is 1. The number of carbonyl (C=O) groups excluding carboxylic acids is 1. The molecule has 0 aliphatic rings. The third-order valence-corrected chi connectivity index (χ3v) is 3.44. The Kier molecular flexibility index (Phi) is 5.38. The van der Waals surface area contributed by atoms with Gasteiger partial charge in [0.25, 0.3) is 0 Å². The molecule has 0 heterocycles. The maximum absolute atomic E-state index is 11.9. The number of benzene rings is 2. The summed E-state index contributed by atoms with van der Waals surface area (Å²) in [6.45, 7) is 3.36. The molecule has 0 bridgehead atoms. The third kappa shape index (κ3) is 4.95. The summed E-state index contributed by atoms with van der Waals surface area (Å²) >= 11 is 0. The number of aryl methyl sites for hydroxylation is 1. The highest BCUT2D eigenvalue weighted by Gasteiger charge is 2.05. The van der Waals surface area contributed by atoms with Gasteiger partial charge in [-0.2, -0.15) is 0 Å². The maximum atomic E-state index is 11.9. The molecule has 3 nitrogen and oxygen atoms in total. The van der Waals surface area contributed by atoms with Crippen LogP contribution in [0.2, 0.25) is 0 Å². The lowest BCUT2D eigenvalue weighted by molar-refractivity contribution is -0.121. The highest BCUT2D eigenvalue weighted by Crippen LogP contribution is 2.11. The minimum Gasteiger partial charge on any atom is -0.374 e. The molecule has 0 atom stereocenters. The Labute approximate surface area is 126 Å². The van der Waals surface area contributed by atoms with Crippen molar-refractivity contribution in [2.45, 2.75) is 19.9 Å². The first-order valence-electron chi connectivity index (χ1n) is 7.23. The van der Waals surface area contributed by atoms with Gasteiger partial charge in [0.2, 0.25) is 5.91 Å². The van der Waals surface area contributed by atoms with E-state index in [0.29, 0.717) is 19.5 Å². The second kappa shape index (κ2) is 7.48. The zero-order valence-electron chi connectivity index (χ0n) is 12.7. The van der Waals surface area contributed by atoms with Crippen LogP contribution < -0.4 is 10.2 Å². The zero-order valence-corrected chi connectivity index (χ0v) is 12.7. The maximum Gasteiger partial charge on any atom is 0.222 e. The van der Waals surface area contributed by atoms with E-state index < -0.39 is 0 Å². The highest BCUT2D eigenvalue weighted by atomic mass is 16.1. The summed E-state index contributed by atoms with van der Waals surface area (Å²) in [4.78, 5) is 14.0. The molecular formula is C18H22N2O. The fourth-order valence-electron chi connectivity index (χ4n) is 2.19. The molecule has 0 fully saturated rings. The molecule has 0 spiro atoms. The Morgan fingerprint density at radius 3 is 2.57 bits per heavy atom. The first-order valence-corrected chi connectivity index (χ1v) is 7.23. The molecule has 2 aromatic rings. The van der Waals surface area contributed by atoms with E-state index in [-0.39, 0.29) is 5.91 Å². The van der Waals surface area contributed by atoms with Crippen molar-refractivity contribution in [3.63, 3.8) is 0 Å². The number of nitrogens with one attached hydrogen (secondary N) is 1. The van der Waals surface area contributed by atoms with Crippen molar-refractivity contribution in [1.29, 1.82) is 0 Å². The molecule has 2 aromatic carbocycles. The van der Waals surface area contributed by atoms with Gasteiger partial charge in [0, 0.05) is 32.2 Å². The monoisotopic (exact) mass is 282 g/mol. The van der Waals surface area contributed by atoms with Crippen molar-refractivity contribution >= 4 is 11.6 Å².